The van der Waals surface area contributed by atoms with Gasteiger partial charge in [-0.2, -0.15) is 0 Å². The van der Waals surface area contributed by atoms with Crippen LogP contribution in [0.2, 0.25) is 0 Å². The average Bonchev–Trinajstić information content (AvgIpc) is 2.38. The van der Waals surface area contributed by atoms with Crippen molar-refractivity contribution in [3.05, 3.63) is 65.7 Å². The average molecular weight is 230 g/mol. The molecule has 0 bridgehead atoms. The summed E-state index contributed by atoms with van der Waals surface area (Å²) in [5, 5.41) is 3.25. The van der Waals surface area contributed by atoms with Crippen LogP contribution in [0.15, 0.2) is 48.7 Å². The van der Waals surface area contributed by atoms with Gasteiger partial charge in [0.25, 0.3) is 0 Å². The van der Waals surface area contributed by atoms with Gasteiger partial charge in [0.1, 0.15) is 5.82 Å². The van der Waals surface area contributed by atoms with Crippen molar-refractivity contribution in [3.8, 4) is 0 Å². The van der Waals surface area contributed by atoms with Gasteiger partial charge in [-0.3, -0.25) is 4.98 Å². The third-order valence-electron chi connectivity index (χ3n) is 2.69. The Morgan fingerprint density at radius 1 is 1.18 bits per heavy atom. The number of hydrogen-bond donors (Lipinski definition) is 1. The lowest BCUT2D eigenvalue weighted by Gasteiger charge is -2.13. The summed E-state index contributed by atoms with van der Waals surface area (Å²) in [7, 11) is 0. The minimum Gasteiger partial charge on any atom is -0.305 e. The summed E-state index contributed by atoms with van der Waals surface area (Å²) in [5.74, 6) is -0.173. The van der Waals surface area contributed by atoms with E-state index in [1.807, 2.05) is 31.2 Å². The fraction of sp³-hybridized carbons (Fsp3) is 0.214. The van der Waals surface area contributed by atoms with Crippen LogP contribution in [-0.4, -0.2) is 4.98 Å². The molecule has 0 amide bonds. The fourth-order valence-corrected chi connectivity index (χ4v) is 1.64. The van der Waals surface area contributed by atoms with Crippen LogP contribution in [0.25, 0.3) is 0 Å². The highest BCUT2D eigenvalue weighted by Gasteiger charge is 2.06. The third kappa shape index (κ3) is 3.11. The molecule has 0 aliphatic carbocycles. The van der Waals surface area contributed by atoms with Crippen molar-refractivity contribution in [2.24, 2.45) is 0 Å². The molecular weight excluding hydrogens is 215 g/mol. The van der Waals surface area contributed by atoms with Crippen molar-refractivity contribution in [1.82, 2.24) is 10.3 Å². The zero-order chi connectivity index (χ0) is 12.1. The van der Waals surface area contributed by atoms with E-state index in [2.05, 4.69) is 10.3 Å². The van der Waals surface area contributed by atoms with Crippen molar-refractivity contribution in [2.45, 2.75) is 19.5 Å². The van der Waals surface area contributed by atoms with Crippen LogP contribution >= 0.6 is 0 Å². The van der Waals surface area contributed by atoms with Crippen molar-refractivity contribution < 1.29 is 4.39 Å². The summed E-state index contributed by atoms with van der Waals surface area (Å²) in [6, 6.07) is 12.7. The lowest BCUT2D eigenvalue weighted by atomic mass is 10.1. The molecule has 0 saturated carbocycles. The van der Waals surface area contributed by atoms with Crippen LogP contribution < -0.4 is 5.32 Å². The number of hydrogen-bond acceptors (Lipinski definition) is 2. The maximum atomic E-state index is 13.4. The van der Waals surface area contributed by atoms with E-state index in [1.165, 1.54) is 6.07 Å². The van der Waals surface area contributed by atoms with Crippen molar-refractivity contribution in [2.75, 3.05) is 0 Å². The van der Waals surface area contributed by atoms with Gasteiger partial charge in [0, 0.05) is 24.3 Å². The maximum absolute atomic E-state index is 13.4. The van der Waals surface area contributed by atoms with E-state index in [9.17, 15) is 4.39 Å². The standard InChI is InChI=1S/C14H15FN2/c1-11(14-8-4-5-9-16-14)17-10-12-6-2-3-7-13(12)15/h2-9,11,17H,10H2,1H3/t11-/m0/s1. The summed E-state index contributed by atoms with van der Waals surface area (Å²) in [5.41, 5.74) is 1.64. The fourth-order valence-electron chi connectivity index (χ4n) is 1.64. The molecule has 1 heterocycles. The predicted octanol–water partition coefficient (Wildman–Crippen LogP) is 3.07. The number of nitrogens with one attached hydrogen (secondary N) is 1. The summed E-state index contributed by atoms with van der Waals surface area (Å²) < 4.78 is 13.4. The molecule has 1 atom stereocenters. The number of rotatable bonds is 4. The van der Waals surface area contributed by atoms with E-state index in [4.69, 9.17) is 0 Å². The number of nitrogens with zero attached hydrogens (tertiary/aromatic N) is 1. The molecule has 0 aliphatic heterocycles. The van der Waals surface area contributed by atoms with Crippen LogP contribution in [0.1, 0.15) is 24.2 Å². The number of pyridine rings is 1. The zero-order valence-electron chi connectivity index (χ0n) is 9.73. The minimum atomic E-state index is -0.173. The van der Waals surface area contributed by atoms with Crippen LogP contribution in [0.5, 0.6) is 0 Å². The Hall–Kier alpha value is -1.74. The second-order valence-electron chi connectivity index (χ2n) is 3.95. The van der Waals surface area contributed by atoms with Gasteiger partial charge < -0.3 is 5.32 Å². The molecule has 3 heteroatoms. The Bertz CT molecular complexity index is 471. The maximum Gasteiger partial charge on any atom is 0.127 e. The largest absolute Gasteiger partial charge is 0.305 e. The molecule has 0 unspecified atom stereocenters. The van der Waals surface area contributed by atoms with E-state index in [1.54, 1.807) is 18.3 Å². The second kappa shape index (κ2) is 5.55. The summed E-state index contributed by atoms with van der Waals surface area (Å²) in [6.07, 6.45) is 1.76. The molecule has 2 aromatic rings. The van der Waals surface area contributed by atoms with Crippen LogP contribution in [0, 0.1) is 5.82 Å². The molecule has 0 spiro atoms. The highest BCUT2D eigenvalue weighted by Crippen LogP contribution is 2.11. The van der Waals surface area contributed by atoms with Gasteiger partial charge in [0.15, 0.2) is 0 Å². The number of halogens is 1. The minimum absolute atomic E-state index is 0.107. The van der Waals surface area contributed by atoms with Gasteiger partial charge in [-0.05, 0) is 25.1 Å². The first-order valence-corrected chi connectivity index (χ1v) is 5.65. The SMILES string of the molecule is C[C@H](NCc1ccccc1F)c1ccccn1. The topological polar surface area (TPSA) is 24.9 Å². The van der Waals surface area contributed by atoms with E-state index < -0.39 is 0 Å². The molecule has 17 heavy (non-hydrogen) atoms. The monoisotopic (exact) mass is 230 g/mol. The Balaban J connectivity index is 1.97. The number of benzene rings is 1. The van der Waals surface area contributed by atoms with Gasteiger partial charge in [-0.1, -0.05) is 24.3 Å². The van der Waals surface area contributed by atoms with Crippen LogP contribution in [-0.2, 0) is 6.54 Å². The number of aromatic nitrogens is 1. The first-order valence-electron chi connectivity index (χ1n) is 5.65. The Morgan fingerprint density at radius 2 is 1.94 bits per heavy atom. The van der Waals surface area contributed by atoms with Crippen molar-refractivity contribution >= 4 is 0 Å². The van der Waals surface area contributed by atoms with E-state index in [0.29, 0.717) is 12.1 Å². The molecule has 2 nitrogen and oxygen atoms in total. The summed E-state index contributed by atoms with van der Waals surface area (Å²) in [4.78, 5) is 4.26. The summed E-state index contributed by atoms with van der Waals surface area (Å²) >= 11 is 0. The molecule has 2 rings (SSSR count). The third-order valence-corrected chi connectivity index (χ3v) is 2.69. The molecule has 0 radical (unpaired) electrons. The molecule has 1 N–H and O–H groups in total. The normalized spacial score (nSPS) is 12.4. The molecule has 0 aliphatic rings. The highest BCUT2D eigenvalue weighted by molar-refractivity contribution is 5.17. The molecule has 0 saturated heterocycles. The second-order valence-corrected chi connectivity index (χ2v) is 3.95. The quantitative estimate of drug-likeness (QED) is 0.873. The smallest absolute Gasteiger partial charge is 0.127 e. The Labute approximate surface area is 101 Å². The van der Waals surface area contributed by atoms with Gasteiger partial charge in [0.05, 0.1) is 5.69 Å². The lowest BCUT2D eigenvalue weighted by molar-refractivity contribution is 0.536. The van der Waals surface area contributed by atoms with E-state index >= 15 is 0 Å². The van der Waals surface area contributed by atoms with Crippen molar-refractivity contribution in [3.63, 3.8) is 0 Å². The molecule has 0 fully saturated rings. The molecule has 1 aromatic heterocycles. The van der Waals surface area contributed by atoms with E-state index in [-0.39, 0.29) is 11.9 Å². The molecule has 1 aromatic carbocycles. The van der Waals surface area contributed by atoms with Gasteiger partial charge in [-0.25, -0.2) is 4.39 Å². The Morgan fingerprint density at radius 3 is 2.65 bits per heavy atom. The predicted molar refractivity (Wildman–Crippen MR) is 65.9 cm³/mol. The lowest BCUT2D eigenvalue weighted by Crippen LogP contribution is -2.19. The zero-order valence-corrected chi connectivity index (χ0v) is 9.73. The molecular formula is C14H15FN2. The van der Waals surface area contributed by atoms with Crippen LogP contribution in [0.4, 0.5) is 4.39 Å². The first-order chi connectivity index (χ1) is 8.27. The Kier molecular flexibility index (Phi) is 3.83. The molecule has 88 valence electrons. The van der Waals surface area contributed by atoms with Crippen molar-refractivity contribution in [1.29, 1.82) is 0 Å². The first kappa shape index (κ1) is 11.7. The van der Waals surface area contributed by atoms with Crippen LogP contribution in [0.3, 0.4) is 0 Å². The summed E-state index contributed by atoms with van der Waals surface area (Å²) in [6.45, 7) is 2.52. The van der Waals surface area contributed by atoms with E-state index in [0.717, 1.165) is 5.69 Å². The van der Waals surface area contributed by atoms with Gasteiger partial charge >= 0.3 is 0 Å². The van der Waals surface area contributed by atoms with Gasteiger partial charge in [-0.15, -0.1) is 0 Å². The highest BCUT2D eigenvalue weighted by atomic mass is 19.1. The van der Waals surface area contributed by atoms with Gasteiger partial charge in [0.2, 0.25) is 0 Å².